The van der Waals surface area contributed by atoms with E-state index in [9.17, 15) is 0 Å². The summed E-state index contributed by atoms with van der Waals surface area (Å²) in [4.78, 5) is 0. The lowest BCUT2D eigenvalue weighted by Crippen LogP contribution is -2.31. The van der Waals surface area contributed by atoms with Gasteiger partial charge in [-0.3, -0.25) is 0 Å². The number of ether oxygens (including phenoxy) is 1. The van der Waals surface area contributed by atoms with Gasteiger partial charge in [-0.15, -0.1) is 0 Å². The predicted octanol–water partition coefficient (Wildman–Crippen LogP) is 3.84. The molecule has 0 bridgehead atoms. The minimum absolute atomic E-state index is 0.124. The first-order chi connectivity index (χ1) is 9.41. The molecule has 2 rings (SSSR count). The van der Waals surface area contributed by atoms with Crippen molar-refractivity contribution in [2.24, 2.45) is 5.92 Å². The first-order valence-corrected chi connectivity index (χ1v) is 7.80. The van der Waals surface area contributed by atoms with Crippen LogP contribution in [0.5, 0.6) is 5.75 Å². The van der Waals surface area contributed by atoms with Gasteiger partial charge in [0.15, 0.2) is 0 Å². The number of aryl methyl sites for hydroxylation is 1. The fourth-order valence-electron chi connectivity index (χ4n) is 3.11. The summed E-state index contributed by atoms with van der Waals surface area (Å²) in [7, 11) is 1.77. The molecule has 2 heteroatoms. The van der Waals surface area contributed by atoms with E-state index in [0.29, 0.717) is 0 Å². The molecule has 0 saturated carbocycles. The van der Waals surface area contributed by atoms with E-state index in [2.05, 4.69) is 45.1 Å². The second kappa shape index (κ2) is 6.17. The van der Waals surface area contributed by atoms with Crippen molar-refractivity contribution in [2.75, 3.05) is 20.2 Å². The number of hydrogen-bond acceptors (Lipinski definition) is 2. The van der Waals surface area contributed by atoms with Gasteiger partial charge in [-0.25, -0.2) is 0 Å². The first kappa shape index (κ1) is 15.4. The van der Waals surface area contributed by atoms with E-state index < -0.39 is 0 Å². The van der Waals surface area contributed by atoms with E-state index in [1.807, 2.05) is 0 Å². The lowest BCUT2D eigenvalue weighted by Gasteiger charge is -2.27. The molecule has 0 aliphatic carbocycles. The van der Waals surface area contributed by atoms with Gasteiger partial charge in [-0.1, -0.05) is 26.8 Å². The lowest BCUT2D eigenvalue weighted by molar-refractivity contribution is 0.374. The zero-order valence-corrected chi connectivity index (χ0v) is 13.7. The number of piperidine rings is 1. The highest BCUT2D eigenvalue weighted by molar-refractivity contribution is 5.45. The molecule has 0 amide bonds. The molecular weight excluding hydrogens is 246 g/mol. The van der Waals surface area contributed by atoms with E-state index in [1.54, 1.807) is 7.11 Å². The van der Waals surface area contributed by atoms with Crippen LogP contribution in [-0.4, -0.2) is 20.2 Å². The summed E-state index contributed by atoms with van der Waals surface area (Å²) in [6.45, 7) is 11.3. The second-order valence-corrected chi connectivity index (χ2v) is 7.15. The fraction of sp³-hybridized carbons (Fsp3) is 0.667. The van der Waals surface area contributed by atoms with Crippen LogP contribution in [0.4, 0.5) is 0 Å². The highest BCUT2D eigenvalue weighted by atomic mass is 16.5. The van der Waals surface area contributed by atoms with Crippen molar-refractivity contribution in [1.82, 2.24) is 5.32 Å². The zero-order valence-electron chi connectivity index (χ0n) is 13.7. The van der Waals surface area contributed by atoms with Crippen molar-refractivity contribution in [3.8, 4) is 5.75 Å². The summed E-state index contributed by atoms with van der Waals surface area (Å²) in [6, 6.07) is 4.59. The average molecular weight is 275 g/mol. The number of hydrogen-bond donors (Lipinski definition) is 1. The van der Waals surface area contributed by atoms with Crippen LogP contribution >= 0.6 is 0 Å². The highest BCUT2D eigenvalue weighted by Gasteiger charge is 2.22. The van der Waals surface area contributed by atoms with Crippen LogP contribution in [0.2, 0.25) is 0 Å². The Hall–Kier alpha value is -1.02. The molecule has 0 aromatic heterocycles. The standard InChI is InChI=1S/C18H29NO/c1-13-9-17(20-5)16(18(2,3)4)11-15(13)10-14-7-6-8-19-12-14/h9,11,14,19H,6-8,10,12H2,1-5H3. The van der Waals surface area contributed by atoms with Crippen LogP contribution in [0.1, 0.15) is 50.3 Å². The third-order valence-corrected chi connectivity index (χ3v) is 4.37. The van der Waals surface area contributed by atoms with Crippen LogP contribution in [0.15, 0.2) is 12.1 Å². The minimum atomic E-state index is 0.124. The van der Waals surface area contributed by atoms with Gasteiger partial charge < -0.3 is 10.1 Å². The maximum absolute atomic E-state index is 5.59. The summed E-state index contributed by atoms with van der Waals surface area (Å²) < 4.78 is 5.59. The SMILES string of the molecule is COc1cc(C)c(CC2CCCNC2)cc1C(C)(C)C. The minimum Gasteiger partial charge on any atom is -0.496 e. The number of benzene rings is 1. The molecular formula is C18H29NO. The molecule has 1 fully saturated rings. The molecule has 1 saturated heterocycles. The first-order valence-electron chi connectivity index (χ1n) is 7.80. The van der Waals surface area contributed by atoms with E-state index in [1.165, 1.54) is 42.5 Å². The topological polar surface area (TPSA) is 21.3 Å². The van der Waals surface area contributed by atoms with Gasteiger partial charge in [-0.2, -0.15) is 0 Å². The molecule has 1 N–H and O–H groups in total. The number of rotatable bonds is 3. The lowest BCUT2D eigenvalue weighted by atomic mass is 9.82. The Balaban J connectivity index is 2.28. The Morgan fingerprint density at radius 2 is 2.05 bits per heavy atom. The molecule has 1 heterocycles. The van der Waals surface area contributed by atoms with Crippen LogP contribution in [0, 0.1) is 12.8 Å². The maximum atomic E-state index is 5.59. The molecule has 112 valence electrons. The molecule has 1 aromatic carbocycles. The van der Waals surface area contributed by atoms with E-state index in [0.717, 1.165) is 18.2 Å². The Morgan fingerprint density at radius 1 is 1.30 bits per heavy atom. The summed E-state index contributed by atoms with van der Waals surface area (Å²) in [5.41, 5.74) is 4.30. The largest absolute Gasteiger partial charge is 0.496 e. The summed E-state index contributed by atoms with van der Waals surface area (Å²) in [5.74, 6) is 1.81. The normalized spacial score (nSPS) is 19.9. The fourth-order valence-corrected chi connectivity index (χ4v) is 3.11. The van der Waals surface area contributed by atoms with Gasteiger partial charge in [0.2, 0.25) is 0 Å². The van der Waals surface area contributed by atoms with Crippen molar-refractivity contribution < 1.29 is 4.74 Å². The van der Waals surface area contributed by atoms with Crippen molar-refractivity contribution in [3.05, 3.63) is 28.8 Å². The van der Waals surface area contributed by atoms with Crippen LogP contribution in [0.25, 0.3) is 0 Å². The summed E-state index contributed by atoms with van der Waals surface area (Å²) in [5, 5.41) is 3.52. The molecule has 2 nitrogen and oxygen atoms in total. The molecule has 1 aromatic rings. The molecule has 0 spiro atoms. The van der Waals surface area contributed by atoms with Crippen molar-refractivity contribution in [1.29, 1.82) is 0 Å². The van der Waals surface area contributed by atoms with Crippen molar-refractivity contribution >= 4 is 0 Å². The van der Waals surface area contributed by atoms with Crippen molar-refractivity contribution in [3.63, 3.8) is 0 Å². The molecule has 1 atom stereocenters. The highest BCUT2D eigenvalue weighted by Crippen LogP contribution is 2.34. The van der Waals surface area contributed by atoms with Crippen LogP contribution in [-0.2, 0) is 11.8 Å². The Morgan fingerprint density at radius 3 is 2.60 bits per heavy atom. The van der Waals surface area contributed by atoms with E-state index in [-0.39, 0.29) is 5.41 Å². The average Bonchev–Trinajstić information content (AvgIpc) is 2.40. The molecule has 0 radical (unpaired) electrons. The quantitative estimate of drug-likeness (QED) is 0.905. The number of nitrogens with one attached hydrogen (secondary N) is 1. The Kier molecular flexibility index (Phi) is 4.74. The third kappa shape index (κ3) is 3.54. The van der Waals surface area contributed by atoms with Gasteiger partial charge >= 0.3 is 0 Å². The molecule has 1 aliphatic heterocycles. The number of methoxy groups -OCH3 is 1. The maximum Gasteiger partial charge on any atom is 0.122 e. The summed E-state index contributed by atoms with van der Waals surface area (Å²) in [6.07, 6.45) is 3.85. The molecule has 1 aliphatic rings. The van der Waals surface area contributed by atoms with Gasteiger partial charge in [0, 0.05) is 0 Å². The summed E-state index contributed by atoms with van der Waals surface area (Å²) >= 11 is 0. The Labute approximate surface area is 123 Å². The van der Waals surface area contributed by atoms with Gasteiger partial charge in [-0.05, 0) is 73.4 Å². The zero-order chi connectivity index (χ0) is 14.8. The molecule has 20 heavy (non-hydrogen) atoms. The smallest absolute Gasteiger partial charge is 0.122 e. The van der Waals surface area contributed by atoms with Gasteiger partial charge in [0.25, 0.3) is 0 Å². The van der Waals surface area contributed by atoms with Gasteiger partial charge in [0.1, 0.15) is 5.75 Å². The van der Waals surface area contributed by atoms with Crippen molar-refractivity contribution in [2.45, 2.75) is 52.4 Å². The predicted molar refractivity (Wildman–Crippen MR) is 85.7 cm³/mol. The van der Waals surface area contributed by atoms with Gasteiger partial charge in [0.05, 0.1) is 7.11 Å². The monoisotopic (exact) mass is 275 g/mol. The second-order valence-electron chi connectivity index (χ2n) is 7.15. The molecule has 1 unspecified atom stereocenters. The van der Waals surface area contributed by atoms with E-state index >= 15 is 0 Å². The Bertz CT molecular complexity index is 453. The van der Waals surface area contributed by atoms with Crippen LogP contribution < -0.4 is 10.1 Å². The van der Waals surface area contributed by atoms with E-state index in [4.69, 9.17) is 4.74 Å². The van der Waals surface area contributed by atoms with Crippen LogP contribution in [0.3, 0.4) is 0 Å². The third-order valence-electron chi connectivity index (χ3n) is 4.37.